The van der Waals surface area contributed by atoms with E-state index in [-0.39, 0.29) is 22.4 Å². The van der Waals surface area contributed by atoms with E-state index in [2.05, 4.69) is 4.72 Å². The molecule has 1 saturated heterocycles. The van der Waals surface area contributed by atoms with Crippen molar-refractivity contribution in [2.24, 2.45) is 0 Å². The average molecular weight is 451 g/mol. The van der Waals surface area contributed by atoms with Crippen molar-refractivity contribution >= 4 is 20.0 Å². The Morgan fingerprint density at radius 3 is 2.23 bits per heavy atom. The van der Waals surface area contributed by atoms with Crippen LogP contribution in [-0.4, -0.2) is 40.3 Å². The SMILES string of the molecule is Cc1ccc(S(=O)(=O)N2CCCCC2CCNS(=O)(=O)c2ccc(C)c(C)c2)cc1. The van der Waals surface area contributed by atoms with Crippen LogP contribution in [0.25, 0.3) is 0 Å². The summed E-state index contributed by atoms with van der Waals surface area (Å²) in [6, 6.07) is 11.7. The molecular formula is C22H30N2O4S2. The summed E-state index contributed by atoms with van der Waals surface area (Å²) < 4.78 is 55.7. The highest BCUT2D eigenvalue weighted by molar-refractivity contribution is 7.89. The van der Waals surface area contributed by atoms with Crippen LogP contribution in [0.2, 0.25) is 0 Å². The molecule has 0 spiro atoms. The van der Waals surface area contributed by atoms with Gasteiger partial charge in [-0.1, -0.05) is 30.2 Å². The number of piperidine rings is 1. The largest absolute Gasteiger partial charge is 0.243 e. The van der Waals surface area contributed by atoms with E-state index in [1.807, 2.05) is 20.8 Å². The minimum absolute atomic E-state index is 0.194. The lowest BCUT2D eigenvalue weighted by Gasteiger charge is -2.34. The predicted octanol–water partition coefficient (Wildman–Crippen LogP) is 3.52. The molecule has 0 bridgehead atoms. The smallest absolute Gasteiger partial charge is 0.211 e. The Morgan fingerprint density at radius 1 is 0.900 bits per heavy atom. The Kier molecular flexibility index (Phi) is 7.02. The van der Waals surface area contributed by atoms with Gasteiger partial charge in [0.1, 0.15) is 0 Å². The summed E-state index contributed by atoms with van der Waals surface area (Å²) in [4.78, 5) is 0.522. The van der Waals surface area contributed by atoms with Crippen molar-refractivity contribution in [1.82, 2.24) is 9.03 Å². The molecule has 1 N–H and O–H groups in total. The molecular weight excluding hydrogens is 420 g/mol. The first-order valence-electron chi connectivity index (χ1n) is 10.3. The van der Waals surface area contributed by atoms with Crippen LogP contribution in [0.1, 0.15) is 42.4 Å². The van der Waals surface area contributed by atoms with Crippen molar-refractivity contribution in [3.63, 3.8) is 0 Å². The number of aryl methyl sites for hydroxylation is 3. The molecule has 1 fully saturated rings. The molecule has 8 heteroatoms. The van der Waals surface area contributed by atoms with E-state index >= 15 is 0 Å². The molecule has 1 heterocycles. The lowest BCUT2D eigenvalue weighted by atomic mass is 10.0. The lowest BCUT2D eigenvalue weighted by molar-refractivity contribution is 0.242. The molecule has 1 aliphatic rings. The Hall–Kier alpha value is -1.74. The summed E-state index contributed by atoms with van der Waals surface area (Å²) in [6.07, 6.45) is 2.93. The van der Waals surface area contributed by atoms with Gasteiger partial charge < -0.3 is 0 Å². The molecule has 2 aromatic rings. The van der Waals surface area contributed by atoms with E-state index in [1.54, 1.807) is 46.8 Å². The number of nitrogens with zero attached hydrogens (tertiary/aromatic N) is 1. The standard InChI is InChI=1S/C22H30N2O4S2/c1-17-7-10-21(11-8-17)30(27,28)24-15-5-4-6-20(24)13-14-23-29(25,26)22-12-9-18(2)19(3)16-22/h7-12,16,20,23H,4-6,13-15H2,1-3H3. The van der Waals surface area contributed by atoms with Crippen LogP contribution in [0.3, 0.4) is 0 Å². The molecule has 0 amide bonds. The molecule has 6 nitrogen and oxygen atoms in total. The molecule has 0 radical (unpaired) electrons. The van der Waals surface area contributed by atoms with Crippen molar-refractivity contribution in [3.8, 4) is 0 Å². The van der Waals surface area contributed by atoms with Crippen molar-refractivity contribution in [2.45, 2.75) is 62.3 Å². The van der Waals surface area contributed by atoms with Crippen LogP contribution in [0.15, 0.2) is 52.3 Å². The van der Waals surface area contributed by atoms with E-state index in [1.165, 1.54) is 0 Å². The number of sulfonamides is 2. The minimum atomic E-state index is -3.63. The number of rotatable bonds is 7. The van der Waals surface area contributed by atoms with Gasteiger partial charge in [0, 0.05) is 19.1 Å². The van der Waals surface area contributed by atoms with Gasteiger partial charge in [0.25, 0.3) is 0 Å². The van der Waals surface area contributed by atoms with Gasteiger partial charge in [-0.05, 0) is 75.4 Å². The number of benzene rings is 2. The Bertz CT molecular complexity index is 1090. The number of hydrogen-bond donors (Lipinski definition) is 1. The molecule has 1 aliphatic heterocycles. The molecule has 3 rings (SSSR count). The summed E-state index contributed by atoms with van der Waals surface area (Å²) >= 11 is 0. The zero-order valence-corrected chi connectivity index (χ0v) is 19.4. The zero-order valence-electron chi connectivity index (χ0n) is 17.8. The fraction of sp³-hybridized carbons (Fsp3) is 0.455. The van der Waals surface area contributed by atoms with Gasteiger partial charge in [-0.25, -0.2) is 21.6 Å². The maximum absolute atomic E-state index is 13.1. The van der Waals surface area contributed by atoms with E-state index in [4.69, 9.17) is 0 Å². The Morgan fingerprint density at radius 2 is 1.57 bits per heavy atom. The second kappa shape index (κ2) is 9.18. The Balaban J connectivity index is 1.70. The Labute approximate surface area is 180 Å². The molecule has 1 atom stereocenters. The van der Waals surface area contributed by atoms with Crippen molar-refractivity contribution in [1.29, 1.82) is 0 Å². The first-order chi connectivity index (χ1) is 14.1. The minimum Gasteiger partial charge on any atom is -0.211 e. The quantitative estimate of drug-likeness (QED) is 0.700. The molecule has 0 aromatic heterocycles. The van der Waals surface area contributed by atoms with Gasteiger partial charge >= 0.3 is 0 Å². The molecule has 0 aliphatic carbocycles. The first-order valence-corrected chi connectivity index (χ1v) is 13.2. The first kappa shape index (κ1) is 22.9. The zero-order chi connectivity index (χ0) is 21.9. The van der Waals surface area contributed by atoms with Crippen molar-refractivity contribution in [2.75, 3.05) is 13.1 Å². The maximum Gasteiger partial charge on any atom is 0.243 e. The van der Waals surface area contributed by atoms with Gasteiger partial charge in [0.15, 0.2) is 0 Å². The fourth-order valence-electron chi connectivity index (χ4n) is 3.75. The second-order valence-electron chi connectivity index (χ2n) is 8.01. The molecule has 164 valence electrons. The van der Waals surface area contributed by atoms with E-state index in [0.29, 0.717) is 13.0 Å². The lowest BCUT2D eigenvalue weighted by Crippen LogP contribution is -2.45. The molecule has 1 unspecified atom stereocenters. The van der Waals surface area contributed by atoms with E-state index in [0.717, 1.165) is 36.0 Å². The van der Waals surface area contributed by atoms with Gasteiger partial charge in [0.05, 0.1) is 9.79 Å². The fourth-order valence-corrected chi connectivity index (χ4v) is 6.60. The third kappa shape index (κ3) is 5.11. The normalized spacial score (nSPS) is 18.4. The highest BCUT2D eigenvalue weighted by Crippen LogP contribution is 2.27. The van der Waals surface area contributed by atoms with Crippen molar-refractivity contribution in [3.05, 3.63) is 59.2 Å². The van der Waals surface area contributed by atoms with Gasteiger partial charge in [-0.2, -0.15) is 4.31 Å². The highest BCUT2D eigenvalue weighted by Gasteiger charge is 2.33. The predicted molar refractivity (Wildman–Crippen MR) is 118 cm³/mol. The van der Waals surface area contributed by atoms with Gasteiger partial charge in [0.2, 0.25) is 20.0 Å². The number of nitrogens with one attached hydrogen (secondary N) is 1. The second-order valence-corrected chi connectivity index (χ2v) is 11.7. The monoisotopic (exact) mass is 450 g/mol. The molecule has 30 heavy (non-hydrogen) atoms. The summed E-state index contributed by atoms with van der Waals surface area (Å²) in [5.41, 5.74) is 2.96. The summed E-state index contributed by atoms with van der Waals surface area (Å²) in [5.74, 6) is 0. The highest BCUT2D eigenvalue weighted by atomic mass is 32.2. The van der Waals surface area contributed by atoms with Gasteiger partial charge in [-0.3, -0.25) is 0 Å². The average Bonchev–Trinajstić information content (AvgIpc) is 2.70. The third-order valence-corrected chi connectivity index (χ3v) is 9.18. The van der Waals surface area contributed by atoms with E-state index in [9.17, 15) is 16.8 Å². The summed E-state index contributed by atoms with van der Waals surface area (Å²) in [7, 11) is -7.23. The van der Waals surface area contributed by atoms with Crippen LogP contribution < -0.4 is 4.72 Å². The van der Waals surface area contributed by atoms with Crippen LogP contribution in [0.4, 0.5) is 0 Å². The maximum atomic E-state index is 13.1. The van der Waals surface area contributed by atoms with Crippen LogP contribution in [-0.2, 0) is 20.0 Å². The number of hydrogen-bond acceptors (Lipinski definition) is 4. The summed E-state index contributed by atoms with van der Waals surface area (Å²) in [6.45, 7) is 6.39. The van der Waals surface area contributed by atoms with Crippen molar-refractivity contribution < 1.29 is 16.8 Å². The summed E-state index contributed by atoms with van der Waals surface area (Å²) in [5, 5.41) is 0. The van der Waals surface area contributed by atoms with Crippen LogP contribution >= 0.6 is 0 Å². The van der Waals surface area contributed by atoms with Crippen LogP contribution in [0.5, 0.6) is 0 Å². The van der Waals surface area contributed by atoms with E-state index < -0.39 is 20.0 Å². The van der Waals surface area contributed by atoms with Crippen LogP contribution in [0, 0.1) is 20.8 Å². The topological polar surface area (TPSA) is 83.6 Å². The molecule has 2 aromatic carbocycles. The molecule has 0 saturated carbocycles. The van der Waals surface area contributed by atoms with Gasteiger partial charge in [-0.15, -0.1) is 0 Å². The third-order valence-electron chi connectivity index (χ3n) is 5.76.